The number of carbonyl (C=O) groups excluding carboxylic acids is 1. The van der Waals surface area contributed by atoms with Crippen LogP contribution in [-0.2, 0) is 11.3 Å². The van der Waals surface area contributed by atoms with Crippen molar-refractivity contribution in [1.29, 1.82) is 0 Å². The molecule has 20 heavy (non-hydrogen) atoms. The highest BCUT2D eigenvalue weighted by molar-refractivity contribution is 5.79. The standard InChI is InChI=1S/C16H24N2O2/c1-16(2)8-4-5-12(16)15(19)18-10-11-6-7-14(20-3)13(17)9-11/h6-7,9,12H,4-5,8,10,17H2,1-3H3,(H,18,19). The highest BCUT2D eigenvalue weighted by Gasteiger charge is 2.38. The van der Waals surface area contributed by atoms with Gasteiger partial charge in [0.05, 0.1) is 12.8 Å². The molecule has 4 heteroatoms. The lowest BCUT2D eigenvalue weighted by atomic mass is 9.81. The summed E-state index contributed by atoms with van der Waals surface area (Å²) in [5, 5.41) is 3.03. The van der Waals surface area contributed by atoms with Gasteiger partial charge in [0.2, 0.25) is 5.91 Å². The van der Waals surface area contributed by atoms with Crippen LogP contribution in [0.2, 0.25) is 0 Å². The van der Waals surface area contributed by atoms with Crippen molar-refractivity contribution in [2.45, 2.75) is 39.7 Å². The Morgan fingerprint density at radius 1 is 1.50 bits per heavy atom. The van der Waals surface area contributed by atoms with Crippen LogP contribution in [0.3, 0.4) is 0 Å². The molecule has 0 aliphatic heterocycles. The lowest BCUT2D eigenvalue weighted by Crippen LogP contribution is -2.35. The fourth-order valence-corrected chi connectivity index (χ4v) is 3.02. The third kappa shape index (κ3) is 3.06. The average molecular weight is 276 g/mol. The summed E-state index contributed by atoms with van der Waals surface area (Å²) in [5.41, 5.74) is 7.57. The summed E-state index contributed by atoms with van der Waals surface area (Å²) in [5.74, 6) is 0.942. The quantitative estimate of drug-likeness (QED) is 0.831. The molecule has 3 N–H and O–H groups in total. The number of hydrogen-bond donors (Lipinski definition) is 2. The van der Waals surface area contributed by atoms with E-state index >= 15 is 0 Å². The van der Waals surface area contributed by atoms with Crippen molar-refractivity contribution in [2.75, 3.05) is 12.8 Å². The molecule has 1 aliphatic rings. The molecular formula is C16H24N2O2. The van der Waals surface area contributed by atoms with E-state index in [2.05, 4.69) is 19.2 Å². The van der Waals surface area contributed by atoms with Crippen LogP contribution in [0, 0.1) is 11.3 Å². The van der Waals surface area contributed by atoms with Gasteiger partial charge in [-0.05, 0) is 36.0 Å². The van der Waals surface area contributed by atoms with E-state index in [4.69, 9.17) is 10.5 Å². The summed E-state index contributed by atoms with van der Waals surface area (Å²) in [6.07, 6.45) is 3.25. The molecule has 1 aromatic carbocycles. The van der Waals surface area contributed by atoms with Crippen LogP contribution >= 0.6 is 0 Å². The molecular weight excluding hydrogens is 252 g/mol. The minimum atomic E-state index is 0.114. The van der Waals surface area contributed by atoms with E-state index in [0.29, 0.717) is 18.0 Å². The number of carbonyl (C=O) groups is 1. The van der Waals surface area contributed by atoms with Gasteiger partial charge in [-0.2, -0.15) is 0 Å². The maximum atomic E-state index is 12.3. The summed E-state index contributed by atoms with van der Waals surface area (Å²) < 4.78 is 5.12. The Labute approximate surface area is 120 Å². The second-order valence-electron chi connectivity index (χ2n) is 6.23. The van der Waals surface area contributed by atoms with Crippen molar-refractivity contribution in [3.05, 3.63) is 23.8 Å². The predicted molar refractivity (Wildman–Crippen MR) is 80.4 cm³/mol. The van der Waals surface area contributed by atoms with E-state index in [0.717, 1.165) is 24.8 Å². The molecule has 0 bridgehead atoms. The molecule has 1 aromatic rings. The summed E-state index contributed by atoms with van der Waals surface area (Å²) in [6.45, 7) is 4.87. The zero-order valence-electron chi connectivity index (χ0n) is 12.5. The van der Waals surface area contributed by atoms with Crippen molar-refractivity contribution in [3.63, 3.8) is 0 Å². The molecule has 0 radical (unpaired) electrons. The zero-order chi connectivity index (χ0) is 14.8. The smallest absolute Gasteiger partial charge is 0.223 e. The highest BCUT2D eigenvalue weighted by Crippen LogP contribution is 2.42. The molecule has 0 spiro atoms. The maximum Gasteiger partial charge on any atom is 0.223 e. The SMILES string of the molecule is COc1ccc(CNC(=O)C2CCCC2(C)C)cc1N. The Hall–Kier alpha value is -1.71. The minimum absolute atomic E-state index is 0.114. The van der Waals surface area contributed by atoms with Gasteiger partial charge >= 0.3 is 0 Å². The summed E-state index contributed by atoms with van der Waals surface area (Å²) in [4.78, 5) is 12.3. The van der Waals surface area contributed by atoms with Crippen molar-refractivity contribution in [3.8, 4) is 5.75 Å². The molecule has 4 nitrogen and oxygen atoms in total. The molecule has 1 atom stereocenters. The molecule has 110 valence electrons. The maximum absolute atomic E-state index is 12.3. The lowest BCUT2D eigenvalue weighted by Gasteiger charge is -2.25. The number of ether oxygens (including phenoxy) is 1. The van der Waals surface area contributed by atoms with Crippen molar-refractivity contribution in [2.24, 2.45) is 11.3 Å². The fraction of sp³-hybridized carbons (Fsp3) is 0.562. The van der Waals surface area contributed by atoms with Crippen LogP contribution in [0.1, 0.15) is 38.7 Å². The van der Waals surface area contributed by atoms with Gasteiger partial charge in [0.25, 0.3) is 0 Å². The normalized spacial score (nSPS) is 20.6. The van der Waals surface area contributed by atoms with E-state index in [1.54, 1.807) is 7.11 Å². The van der Waals surface area contributed by atoms with Crippen LogP contribution in [0.15, 0.2) is 18.2 Å². The average Bonchev–Trinajstić information content (AvgIpc) is 2.76. The first kappa shape index (κ1) is 14.7. The van der Waals surface area contributed by atoms with Gasteiger partial charge in [0.15, 0.2) is 0 Å². The molecule has 1 unspecified atom stereocenters. The number of nitrogen functional groups attached to an aromatic ring is 1. The summed E-state index contributed by atoms with van der Waals surface area (Å²) >= 11 is 0. The fourth-order valence-electron chi connectivity index (χ4n) is 3.02. The van der Waals surface area contributed by atoms with Crippen LogP contribution in [0.5, 0.6) is 5.75 Å². The van der Waals surface area contributed by atoms with E-state index in [1.165, 1.54) is 0 Å². The monoisotopic (exact) mass is 276 g/mol. The third-order valence-corrected chi connectivity index (χ3v) is 4.33. The van der Waals surface area contributed by atoms with E-state index < -0.39 is 0 Å². The first-order chi connectivity index (χ1) is 9.44. The number of anilines is 1. The number of nitrogens with one attached hydrogen (secondary N) is 1. The number of benzene rings is 1. The van der Waals surface area contributed by atoms with Crippen LogP contribution < -0.4 is 15.8 Å². The van der Waals surface area contributed by atoms with E-state index in [1.807, 2.05) is 18.2 Å². The van der Waals surface area contributed by atoms with Gasteiger partial charge in [-0.25, -0.2) is 0 Å². The topological polar surface area (TPSA) is 64.3 Å². The molecule has 1 amide bonds. The highest BCUT2D eigenvalue weighted by atomic mass is 16.5. The Bertz CT molecular complexity index is 497. The van der Waals surface area contributed by atoms with Crippen molar-refractivity contribution in [1.82, 2.24) is 5.32 Å². The molecule has 0 heterocycles. The number of nitrogens with two attached hydrogens (primary N) is 1. The summed E-state index contributed by atoms with van der Waals surface area (Å²) in [6, 6.07) is 5.60. The Balaban J connectivity index is 1.95. The van der Waals surface area contributed by atoms with Gasteiger partial charge in [0.1, 0.15) is 5.75 Å². The molecule has 1 fully saturated rings. The lowest BCUT2D eigenvalue weighted by molar-refractivity contribution is -0.127. The minimum Gasteiger partial charge on any atom is -0.495 e. The van der Waals surface area contributed by atoms with Gasteiger partial charge in [0, 0.05) is 12.5 Å². The van der Waals surface area contributed by atoms with Crippen LogP contribution in [-0.4, -0.2) is 13.0 Å². The van der Waals surface area contributed by atoms with E-state index in [9.17, 15) is 4.79 Å². The largest absolute Gasteiger partial charge is 0.495 e. The van der Waals surface area contributed by atoms with Crippen molar-refractivity contribution < 1.29 is 9.53 Å². The zero-order valence-corrected chi connectivity index (χ0v) is 12.5. The van der Waals surface area contributed by atoms with Crippen molar-refractivity contribution >= 4 is 11.6 Å². The number of hydrogen-bond acceptors (Lipinski definition) is 3. The summed E-state index contributed by atoms with van der Waals surface area (Å²) in [7, 11) is 1.59. The van der Waals surface area contributed by atoms with Gasteiger partial charge in [-0.3, -0.25) is 4.79 Å². The second-order valence-corrected chi connectivity index (χ2v) is 6.23. The van der Waals surface area contributed by atoms with Gasteiger partial charge in [-0.15, -0.1) is 0 Å². The van der Waals surface area contributed by atoms with Gasteiger partial charge in [-0.1, -0.05) is 26.3 Å². The Morgan fingerprint density at radius 2 is 2.25 bits per heavy atom. The van der Waals surface area contributed by atoms with Crippen LogP contribution in [0.4, 0.5) is 5.69 Å². The first-order valence-electron chi connectivity index (χ1n) is 7.14. The van der Waals surface area contributed by atoms with Gasteiger partial charge < -0.3 is 15.8 Å². The number of methoxy groups -OCH3 is 1. The second kappa shape index (κ2) is 5.73. The molecule has 1 aliphatic carbocycles. The first-order valence-corrected chi connectivity index (χ1v) is 7.14. The molecule has 0 aromatic heterocycles. The van der Waals surface area contributed by atoms with Crippen LogP contribution in [0.25, 0.3) is 0 Å². The molecule has 0 saturated heterocycles. The predicted octanol–water partition coefficient (Wildman–Crippen LogP) is 2.72. The molecule has 2 rings (SSSR count). The Kier molecular flexibility index (Phi) is 4.21. The Morgan fingerprint density at radius 3 is 2.80 bits per heavy atom. The van der Waals surface area contributed by atoms with E-state index in [-0.39, 0.29) is 17.2 Å². The number of amides is 1. The number of rotatable bonds is 4. The molecule has 1 saturated carbocycles. The third-order valence-electron chi connectivity index (χ3n) is 4.33.